The third-order valence-corrected chi connectivity index (χ3v) is 2.27. The largest absolute Gasteiger partial charge is 0.461 e. The lowest BCUT2D eigenvalue weighted by molar-refractivity contribution is -0.138. The molecular formula is C13H13F3N2O3. The Bertz CT molecular complexity index is 512. The van der Waals surface area contributed by atoms with Gasteiger partial charge < -0.3 is 15.4 Å². The molecule has 114 valence electrons. The molecule has 0 bridgehead atoms. The Morgan fingerprint density at radius 1 is 1.24 bits per heavy atom. The summed E-state index contributed by atoms with van der Waals surface area (Å²) >= 11 is 0. The summed E-state index contributed by atoms with van der Waals surface area (Å²) in [6, 6.07) is 3.38. The molecule has 5 nitrogen and oxygen atoms in total. The SMILES string of the molecule is C=CC(=O)OCCNC(=O)Nc1ccc(C(F)(F)F)cc1. The van der Waals surface area contributed by atoms with Crippen molar-refractivity contribution in [2.75, 3.05) is 18.5 Å². The number of carbonyl (C=O) groups excluding carboxylic acids is 2. The molecule has 21 heavy (non-hydrogen) atoms. The molecule has 0 saturated heterocycles. The van der Waals surface area contributed by atoms with E-state index in [1.165, 1.54) is 0 Å². The van der Waals surface area contributed by atoms with Crippen LogP contribution in [0.4, 0.5) is 23.7 Å². The predicted octanol–water partition coefficient (Wildman–Crippen LogP) is 2.56. The highest BCUT2D eigenvalue weighted by atomic mass is 19.4. The number of alkyl halides is 3. The molecule has 0 aliphatic rings. The van der Waals surface area contributed by atoms with Gasteiger partial charge in [-0.25, -0.2) is 9.59 Å². The molecule has 0 unspecified atom stereocenters. The van der Waals surface area contributed by atoms with Crippen molar-refractivity contribution < 1.29 is 27.5 Å². The minimum atomic E-state index is -4.42. The molecule has 1 rings (SSSR count). The number of rotatable bonds is 5. The van der Waals surface area contributed by atoms with Gasteiger partial charge in [0.05, 0.1) is 12.1 Å². The van der Waals surface area contributed by atoms with Crippen LogP contribution in [0.3, 0.4) is 0 Å². The number of hydrogen-bond donors (Lipinski definition) is 2. The van der Waals surface area contributed by atoms with E-state index in [0.717, 1.165) is 30.3 Å². The first-order valence-electron chi connectivity index (χ1n) is 5.84. The number of hydrogen-bond acceptors (Lipinski definition) is 3. The van der Waals surface area contributed by atoms with Gasteiger partial charge in [-0.2, -0.15) is 13.2 Å². The van der Waals surface area contributed by atoms with Crippen LogP contribution < -0.4 is 10.6 Å². The third-order valence-electron chi connectivity index (χ3n) is 2.27. The lowest BCUT2D eigenvalue weighted by Gasteiger charge is -2.09. The summed E-state index contributed by atoms with van der Waals surface area (Å²) in [4.78, 5) is 22.1. The standard InChI is InChI=1S/C13H13F3N2O3/c1-2-11(19)21-8-7-17-12(20)18-10-5-3-9(4-6-10)13(14,15)16/h2-6H,1,7-8H2,(H2,17,18,20). The van der Waals surface area contributed by atoms with Gasteiger partial charge in [0.2, 0.25) is 0 Å². The van der Waals surface area contributed by atoms with E-state index in [2.05, 4.69) is 21.9 Å². The van der Waals surface area contributed by atoms with E-state index in [-0.39, 0.29) is 18.8 Å². The highest BCUT2D eigenvalue weighted by molar-refractivity contribution is 5.89. The van der Waals surface area contributed by atoms with Gasteiger partial charge in [-0.3, -0.25) is 0 Å². The van der Waals surface area contributed by atoms with Crippen LogP contribution in [0.1, 0.15) is 5.56 Å². The summed E-state index contributed by atoms with van der Waals surface area (Å²) in [7, 11) is 0. The maximum absolute atomic E-state index is 12.3. The average molecular weight is 302 g/mol. The zero-order valence-corrected chi connectivity index (χ0v) is 10.9. The van der Waals surface area contributed by atoms with Crippen molar-refractivity contribution in [3.63, 3.8) is 0 Å². The monoisotopic (exact) mass is 302 g/mol. The first kappa shape index (κ1) is 16.5. The van der Waals surface area contributed by atoms with Crippen LogP contribution in [0, 0.1) is 0 Å². The van der Waals surface area contributed by atoms with Gasteiger partial charge in [-0.1, -0.05) is 6.58 Å². The second-order valence-electron chi connectivity index (χ2n) is 3.83. The van der Waals surface area contributed by atoms with Crippen LogP contribution in [0.2, 0.25) is 0 Å². The Labute approximate surface area is 118 Å². The molecule has 0 aromatic heterocycles. The zero-order chi connectivity index (χ0) is 15.9. The van der Waals surface area contributed by atoms with Crippen LogP contribution >= 0.6 is 0 Å². The molecule has 0 radical (unpaired) electrons. The lowest BCUT2D eigenvalue weighted by atomic mass is 10.2. The maximum atomic E-state index is 12.3. The molecule has 1 aromatic rings. The molecular weight excluding hydrogens is 289 g/mol. The summed E-state index contributed by atoms with van der Waals surface area (Å²) in [5, 5.41) is 4.72. The van der Waals surface area contributed by atoms with E-state index in [1.54, 1.807) is 0 Å². The summed E-state index contributed by atoms with van der Waals surface area (Å²) < 4.78 is 41.6. The fraction of sp³-hybridized carbons (Fsp3) is 0.231. The molecule has 0 heterocycles. The molecule has 8 heteroatoms. The van der Waals surface area contributed by atoms with Crippen LogP contribution in [0.25, 0.3) is 0 Å². The molecule has 0 atom stereocenters. The Kier molecular flexibility index (Phi) is 5.77. The van der Waals surface area contributed by atoms with Crippen molar-refractivity contribution in [3.05, 3.63) is 42.5 Å². The summed E-state index contributed by atoms with van der Waals surface area (Å²) in [6.07, 6.45) is -3.43. The second kappa shape index (κ2) is 7.32. The average Bonchev–Trinajstić information content (AvgIpc) is 2.43. The Morgan fingerprint density at radius 2 is 1.86 bits per heavy atom. The molecule has 0 aliphatic heterocycles. The van der Waals surface area contributed by atoms with E-state index in [9.17, 15) is 22.8 Å². The molecule has 0 aliphatic carbocycles. The number of anilines is 1. The molecule has 0 fully saturated rings. The number of esters is 1. The van der Waals surface area contributed by atoms with Gasteiger partial charge in [-0.05, 0) is 24.3 Å². The number of halogens is 3. The topological polar surface area (TPSA) is 67.4 Å². The van der Waals surface area contributed by atoms with Crippen LogP contribution in [-0.2, 0) is 15.7 Å². The first-order chi connectivity index (χ1) is 9.82. The fourth-order valence-electron chi connectivity index (χ4n) is 1.29. The van der Waals surface area contributed by atoms with Crippen molar-refractivity contribution in [2.45, 2.75) is 6.18 Å². The van der Waals surface area contributed by atoms with E-state index in [1.807, 2.05) is 0 Å². The van der Waals surface area contributed by atoms with Gasteiger partial charge in [-0.15, -0.1) is 0 Å². The van der Waals surface area contributed by atoms with E-state index in [4.69, 9.17) is 0 Å². The molecule has 1 aromatic carbocycles. The van der Waals surface area contributed by atoms with Gasteiger partial charge in [0.25, 0.3) is 0 Å². The van der Waals surface area contributed by atoms with Gasteiger partial charge in [0, 0.05) is 11.8 Å². The minimum Gasteiger partial charge on any atom is -0.461 e. The van der Waals surface area contributed by atoms with Gasteiger partial charge >= 0.3 is 18.2 Å². The summed E-state index contributed by atoms with van der Waals surface area (Å²) in [6.45, 7) is 3.23. The van der Waals surface area contributed by atoms with Crippen LogP contribution in [-0.4, -0.2) is 25.2 Å². The summed E-state index contributed by atoms with van der Waals surface area (Å²) in [5.41, 5.74) is -0.589. The number of carbonyl (C=O) groups is 2. The quantitative estimate of drug-likeness (QED) is 0.499. The van der Waals surface area contributed by atoms with Crippen molar-refractivity contribution >= 4 is 17.7 Å². The van der Waals surface area contributed by atoms with E-state index >= 15 is 0 Å². The smallest absolute Gasteiger partial charge is 0.416 e. The molecule has 2 amide bonds. The highest BCUT2D eigenvalue weighted by Crippen LogP contribution is 2.29. The summed E-state index contributed by atoms with van der Waals surface area (Å²) in [5.74, 6) is -0.611. The van der Waals surface area contributed by atoms with Crippen LogP contribution in [0.15, 0.2) is 36.9 Å². The Morgan fingerprint density at radius 3 is 2.38 bits per heavy atom. The van der Waals surface area contributed by atoms with Crippen molar-refractivity contribution in [1.29, 1.82) is 0 Å². The molecule has 2 N–H and O–H groups in total. The van der Waals surface area contributed by atoms with Gasteiger partial charge in [0.1, 0.15) is 6.61 Å². The van der Waals surface area contributed by atoms with Crippen molar-refractivity contribution in [1.82, 2.24) is 5.32 Å². The van der Waals surface area contributed by atoms with Gasteiger partial charge in [0.15, 0.2) is 0 Å². The first-order valence-corrected chi connectivity index (χ1v) is 5.84. The number of urea groups is 1. The Hall–Kier alpha value is -2.51. The fourth-order valence-corrected chi connectivity index (χ4v) is 1.29. The predicted molar refractivity (Wildman–Crippen MR) is 69.6 cm³/mol. The lowest BCUT2D eigenvalue weighted by Crippen LogP contribution is -2.31. The van der Waals surface area contributed by atoms with Crippen molar-refractivity contribution in [3.8, 4) is 0 Å². The van der Waals surface area contributed by atoms with Crippen molar-refractivity contribution in [2.24, 2.45) is 0 Å². The maximum Gasteiger partial charge on any atom is 0.416 e. The minimum absolute atomic E-state index is 0.0364. The Balaban J connectivity index is 2.38. The zero-order valence-electron chi connectivity index (χ0n) is 10.9. The van der Waals surface area contributed by atoms with E-state index in [0.29, 0.717) is 0 Å². The number of nitrogens with one attached hydrogen (secondary N) is 2. The molecule has 0 saturated carbocycles. The highest BCUT2D eigenvalue weighted by Gasteiger charge is 2.29. The normalized spacial score (nSPS) is 10.6. The number of amides is 2. The number of ether oxygens (including phenoxy) is 1. The van der Waals surface area contributed by atoms with E-state index < -0.39 is 23.7 Å². The third kappa shape index (κ3) is 5.98. The second-order valence-corrected chi connectivity index (χ2v) is 3.83. The molecule has 0 spiro atoms. The van der Waals surface area contributed by atoms with Crippen LogP contribution in [0.5, 0.6) is 0 Å². The number of benzene rings is 1.